The minimum Gasteiger partial charge on any atom is -0.372 e. The highest BCUT2D eigenvalue weighted by atomic mass is 16.5. The van der Waals surface area contributed by atoms with Crippen LogP contribution in [-0.2, 0) is 4.74 Å². The highest BCUT2D eigenvalue weighted by Crippen LogP contribution is 2.45. The lowest BCUT2D eigenvalue weighted by Gasteiger charge is -2.50. The summed E-state index contributed by atoms with van der Waals surface area (Å²) in [6.45, 7) is 9.04. The van der Waals surface area contributed by atoms with Gasteiger partial charge in [0.1, 0.15) is 0 Å². The molecule has 0 radical (unpaired) electrons. The van der Waals surface area contributed by atoms with Crippen molar-refractivity contribution in [3.8, 4) is 0 Å². The largest absolute Gasteiger partial charge is 0.372 e. The van der Waals surface area contributed by atoms with Crippen molar-refractivity contribution in [2.75, 3.05) is 13.2 Å². The Hall–Kier alpha value is -0.0800. The van der Waals surface area contributed by atoms with E-state index < -0.39 is 0 Å². The monoisotopic (exact) mass is 253 g/mol. The molecule has 1 aliphatic carbocycles. The van der Waals surface area contributed by atoms with Crippen LogP contribution in [0.15, 0.2) is 0 Å². The molecule has 2 nitrogen and oxygen atoms in total. The number of hydrogen-bond acceptors (Lipinski definition) is 2. The quantitative estimate of drug-likeness (QED) is 0.767. The maximum Gasteiger partial charge on any atom is 0.0835 e. The molecule has 1 saturated heterocycles. The number of rotatable bonds is 4. The van der Waals surface area contributed by atoms with Crippen LogP contribution >= 0.6 is 0 Å². The Morgan fingerprint density at radius 1 is 1.11 bits per heavy atom. The van der Waals surface area contributed by atoms with Gasteiger partial charge in [0.05, 0.1) is 12.2 Å². The van der Waals surface area contributed by atoms with Gasteiger partial charge >= 0.3 is 0 Å². The zero-order chi connectivity index (χ0) is 13.1. The molecule has 1 heterocycles. The molecule has 2 rings (SSSR count). The zero-order valence-corrected chi connectivity index (χ0v) is 12.6. The third kappa shape index (κ3) is 3.27. The summed E-state index contributed by atoms with van der Waals surface area (Å²) >= 11 is 0. The first-order chi connectivity index (χ1) is 8.58. The average molecular weight is 253 g/mol. The van der Waals surface area contributed by atoms with E-state index in [4.69, 9.17) is 4.74 Å². The molecule has 0 bridgehead atoms. The summed E-state index contributed by atoms with van der Waals surface area (Å²) in [6, 6.07) is 0.605. The van der Waals surface area contributed by atoms with Crippen LogP contribution in [0.3, 0.4) is 0 Å². The van der Waals surface area contributed by atoms with E-state index >= 15 is 0 Å². The molecule has 0 aromatic heterocycles. The van der Waals surface area contributed by atoms with Gasteiger partial charge in [-0.1, -0.05) is 40.0 Å². The van der Waals surface area contributed by atoms with E-state index in [2.05, 4.69) is 26.1 Å². The van der Waals surface area contributed by atoms with Crippen molar-refractivity contribution in [1.82, 2.24) is 5.32 Å². The third-order valence-electron chi connectivity index (χ3n) is 5.06. The fourth-order valence-corrected chi connectivity index (χ4v) is 3.58. The predicted molar refractivity (Wildman–Crippen MR) is 76.9 cm³/mol. The summed E-state index contributed by atoms with van der Waals surface area (Å²) in [5.41, 5.74) is 0.696. The molecule has 2 fully saturated rings. The first kappa shape index (κ1) is 14.3. The zero-order valence-electron chi connectivity index (χ0n) is 12.6. The lowest BCUT2D eigenvalue weighted by molar-refractivity contribution is -0.133. The molecule has 1 unspecified atom stereocenters. The van der Waals surface area contributed by atoms with Gasteiger partial charge in [-0.3, -0.25) is 0 Å². The van der Waals surface area contributed by atoms with Crippen LogP contribution in [0.5, 0.6) is 0 Å². The number of ether oxygens (including phenoxy) is 1. The molecule has 1 N–H and O–H groups in total. The van der Waals surface area contributed by atoms with Gasteiger partial charge < -0.3 is 10.1 Å². The molecular formula is C16H31NO. The van der Waals surface area contributed by atoms with Crippen molar-refractivity contribution < 1.29 is 4.74 Å². The van der Waals surface area contributed by atoms with Crippen LogP contribution in [0.25, 0.3) is 0 Å². The van der Waals surface area contributed by atoms with Crippen molar-refractivity contribution in [2.24, 2.45) is 5.41 Å². The van der Waals surface area contributed by atoms with Gasteiger partial charge in [0.25, 0.3) is 0 Å². The summed E-state index contributed by atoms with van der Waals surface area (Å²) in [6.07, 6.45) is 10.5. The minimum absolute atomic E-state index is 0.168. The first-order valence-corrected chi connectivity index (χ1v) is 7.95. The molecular weight excluding hydrogens is 222 g/mol. The van der Waals surface area contributed by atoms with Crippen LogP contribution in [0.2, 0.25) is 0 Å². The molecule has 0 aromatic carbocycles. The smallest absolute Gasteiger partial charge is 0.0835 e. The summed E-state index contributed by atoms with van der Waals surface area (Å²) in [4.78, 5) is 0. The van der Waals surface area contributed by atoms with Crippen molar-refractivity contribution in [3.63, 3.8) is 0 Å². The topological polar surface area (TPSA) is 21.3 Å². The highest BCUT2D eigenvalue weighted by molar-refractivity contribution is 5.00. The van der Waals surface area contributed by atoms with Crippen molar-refractivity contribution >= 4 is 0 Å². The van der Waals surface area contributed by atoms with Gasteiger partial charge in [-0.25, -0.2) is 0 Å². The Balaban J connectivity index is 1.94. The maximum absolute atomic E-state index is 6.28. The van der Waals surface area contributed by atoms with Gasteiger partial charge in [0, 0.05) is 12.6 Å². The predicted octanol–water partition coefficient (Wildman–Crippen LogP) is 3.89. The summed E-state index contributed by atoms with van der Waals surface area (Å²) in [5, 5.41) is 3.74. The van der Waals surface area contributed by atoms with Crippen LogP contribution in [0, 0.1) is 5.41 Å². The van der Waals surface area contributed by atoms with Crippen LogP contribution in [-0.4, -0.2) is 24.8 Å². The number of morpholine rings is 1. The molecule has 106 valence electrons. The summed E-state index contributed by atoms with van der Waals surface area (Å²) in [5.74, 6) is 0. The Bertz CT molecular complexity index is 252. The van der Waals surface area contributed by atoms with Gasteiger partial charge in [-0.15, -0.1) is 0 Å². The molecule has 18 heavy (non-hydrogen) atoms. The molecule has 2 heteroatoms. The van der Waals surface area contributed by atoms with E-state index in [0.29, 0.717) is 11.5 Å². The second-order valence-corrected chi connectivity index (χ2v) is 7.08. The van der Waals surface area contributed by atoms with Crippen LogP contribution < -0.4 is 5.32 Å². The Morgan fingerprint density at radius 2 is 1.83 bits per heavy atom. The molecule has 1 spiro atoms. The lowest BCUT2D eigenvalue weighted by Crippen LogP contribution is -2.59. The number of nitrogens with one attached hydrogen (secondary N) is 1. The Kier molecular flexibility index (Phi) is 4.71. The van der Waals surface area contributed by atoms with E-state index in [0.717, 1.165) is 13.2 Å². The Morgan fingerprint density at radius 3 is 2.50 bits per heavy atom. The highest BCUT2D eigenvalue weighted by Gasteiger charge is 2.45. The number of hydrogen-bond donors (Lipinski definition) is 1. The fraction of sp³-hybridized carbons (Fsp3) is 1.00. The Labute approximate surface area is 113 Å². The lowest BCUT2D eigenvalue weighted by atomic mass is 9.67. The minimum atomic E-state index is 0.168. The van der Waals surface area contributed by atoms with Gasteiger partial charge in [-0.05, 0) is 37.5 Å². The van der Waals surface area contributed by atoms with E-state index in [-0.39, 0.29) is 5.60 Å². The van der Waals surface area contributed by atoms with E-state index in [1.165, 1.54) is 51.4 Å². The second kappa shape index (κ2) is 5.92. The first-order valence-electron chi connectivity index (χ1n) is 7.95. The average Bonchev–Trinajstić information content (AvgIpc) is 2.36. The third-order valence-corrected chi connectivity index (χ3v) is 5.06. The van der Waals surface area contributed by atoms with Gasteiger partial charge in [0.15, 0.2) is 0 Å². The molecule has 1 aliphatic heterocycles. The number of unbranched alkanes of at least 4 members (excludes halogenated alkanes) is 2. The van der Waals surface area contributed by atoms with Gasteiger partial charge in [-0.2, -0.15) is 0 Å². The SMILES string of the molecule is CCCCCC1NCCOC12CCC(C)(C)CC2. The fourth-order valence-electron chi connectivity index (χ4n) is 3.58. The molecule has 0 amide bonds. The summed E-state index contributed by atoms with van der Waals surface area (Å²) < 4.78 is 6.28. The maximum atomic E-state index is 6.28. The van der Waals surface area contributed by atoms with E-state index in [1.807, 2.05) is 0 Å². The summed E-state index contributed by atoms with van der Waals surface area (Å²) in [7, 11) is 0. The molecule has 2 aliphatic rings. The molecule has 1 saturated carbocycles. The van der Waals surface area contributed by atoms with E-state index in [9.17, 15) is 0 Å². The van der Waals surface area contributed by atoms with Gasteiger partial charge in [0.2, 0.25) is 0 Å². The standard InChI is InChI=1S/C16H31NO/c1-4-5-6-7-14-16(18-13-12-17-14)10-8-15(2,3)9-11-16/h14,17H,4-13H2,1-3H3. The molecule has 1 atom stereocenters. The van der Waals surface area contributed by atoms with E-state index in [1.54, 1.807) is 0 Å². The van der Waals surface area contributed by atoms with Crippen molar-refractivity contribution in [2.45, 2.75) is 83.8 Å². The normalized spacial score (nSPS) is 30.5. The van der Waals surface area contributed by atoms with Crippen LogP contribution in [0.1, 0.15) is 72.1 Å². The van der Waals surface area contributed by atoms with Crippen LogP contribution in [0.4, 0.5) is 0 Å². The van der Waals surface area contributed by atoms with Crippen molar-refractivity contribution in [1.29, 1.82) is 0 Å². The second-order valence-electron chi connectivity index (χ2n) is 7.08. The molecule has 0 aromatic rings. The van der Waals surface area contributed by atoms with Crippen molar-refractivity contribution in [3.05, 3.63) is 0 Å².